The molecule has 6 nitrogen and oxygen atoms in total. The van der Waals surface area contributed by atoms with Crippen LogP contribution in [0.4, 0.5) is 0 Å². The molecule has 1 aromatic heterocycles. The van der Waals surface area contributed by atoms with Crippen molar-refractivity contribution in [1.29, 1.82) is 0 Å². The first-order chi connectivity index (χ1) is 15.1. The number of rotatable bonds is 7. The quantitative estimate of drug-likeness (QED) is 0.655. The average Bonchev–Trinajstić information content (AvgIpc) is 3.27. The zero-order valence-electron chi connectivity index (χ0n) is 18.0. The molecule has 4 rings (SSSR count). The number of carbonyl (C=O) groups excluding carboxylic acids is 1. The molecule has 0 radical (unpaired) electrons. The van der Waals surface area contributed by atoms with Crippen LogP contribution in [0.3, 0.4) is 0 Å². The highest BCUT2D eigenvalue weighted by Gasteiger charge is 2.47. The van der Waals surface area contributed by atoms with E-state index < -0.39 is 11.6 Å². The van der Waals surface area contributed by atoms with E-state index >= 15 is 0 Å². The summed E-state index contributed by atoms with van der Waals surface area (Å²) < 4.78 is 11.5. The summed E-state index contributed by atoms with van der Waals surface area (Å²) in [4.78, 5) is 15.4. The fraction of sp³-hybridized carbons (Fsp3) is 0.560. The van der Waals surface area contributed by atoms with E-state index in [1.54, 1.807) is 12.1 Å². The minimum atomic E-state index is -1.63. The standard InChI is InChI=1S/C25H33NO5/c27-21-13-15-26(16-14-21)17-22-11-12-23(31-22)18-30-24(28)25(29,19-7-3-1-4-8-19)20-9-5-2-6-10-20/h1,3-4,7-8,11-12,20-21,27,29H,2,5-6,9-10,13-18H2/t25-/m0/s1. The van der Waals surface area contributed by atoms with Gasteiger partial charge in [-0.15, -0.1) is 0 Å². The number of likely N-dealkylation sites (tertiary alicyclic amines) is 1. The van der Waals surface area contributed by atoms with Gasteiger partial charge in [-0.1, -0.05) is 49.6 Å². The number of aliphatic hydroxyl groups is 2. The molecule has 1 atom stereocenters. The molecule has 1 aliphatic carbocycles. The summed E-state index contributed by atoms with van der Waals surface area (Å²) >= 11 is 0. The number of hydrogen-bond donors (Lipinski definition) is 2. The maximum atomic E-state index is 13.1. The first-order valence-electron chi connectivity index (χ1n) is 11.5. The monoisotopic (exact) mass is 427 g/mol. The molecule has 1 aliphatic heterocycles. The van der Waals surface area contributed by atoms with Crippen LogP contribution in [0.1, 0.15) is 62.0 Å². The van der Waals surface area contributed by atoms with E-state index in [0.29, 0.717) is 17.9 Å². The van der Waals surface area contributed by atoms with Crippen molar-refractivity contribution in [2.75, 3.05) is 13.1 Å². The second-order valence-electron chi connectivity index (χ2n) is 8.92. The maximum Gasteiger partial charge on any atom is 0.343 e. The van der Waals surface area contributed by atoms with E-state index in [1.807, 2.05) is 30.3 Å². The smallest absolute Gasteiger partial charge is 0.343 e. The molecular formula is C25H33NO5. The van der Waals surface area contributed by atoms with Crippen LogP contribution in [0.15, 0.2) is 46.9 Å². The number of furan rings is 1. The molecule has 2 aromatic rings. The topological polar surface area (TPSA) is 83.1 Å². The van der Waals surface area contributed by atoms with Crippen LogP contribution in [0.25, 0.3) is 0 Å². The molecule has 1 aromatic carbocycles. The number of carbonyl (C=O) groups is 1. The first kappa shape index (κ1) is 22.1. The van der Waals surface area contributed by atoms with Gasteiger partial charge >= 0.3 is 5.97 Å². The number of benzene rings is 1. The van der Waals surface area contributed by atoms with E-state index in [2.05, 4.69) is 4.90 Å². The second kappa shape index (κ2) is 9.98. The Morgan fingerprint density at radius 2 is 1.68 bits per heavy atom. The summed E-state index contributed by atoms with van der Waals surface area (Å²) in [6, 6.07) is 12.9. The third-order valence-corrected chi connectivity index (χ3v) is 6.72. The Labute approximate surface area is 183 Å². The van der Waals surface area contributed by atoms with Crippen molar-refractivity contribution in [2.45, 2.75) is 69.8 Å². The Balaban J connectivity index is 1.39. The highest BCUT2D eigenvalue weighted by atomic mass is 16.6. The number of nitrogens with zero attached hydrogens (tertiary/aromatic N) is 1. The lowest BCUT2D eigenvalue weighted by molar-refractivity contribution is -0.177. The molecule has 0 unspecified atom stereocenters. The predicted octanol–water partition coefficient (Wildman–Crippen LogP) is 3.75. The molecule has 2 fully saturated rings. The van der Waals surface area contributed by atoms with E-state index in [1.165, 1.54) is 0 Å². The zero-order valence-corrected chi connectivity index (χ0v) is 18.0. The normalized spacial score (nSPS) is 21.0. The van der Waals surface area contributed by atoms with Gasteiger partial charge in [0.25, 0.3) is 0 Å². The zero-order chi connectivity index (χ0) is 21.7. The maximum absolute atomic E-state index is 13.1. The van der Waals surface area contributed by atoms with Gasteiger partial charge in [0.15, 0.2) is 5.60 Å². The molecular weight excluding hydrogens is 394 g/mol. The lowest BCUT2D eigenvalue weighted by Gasteiger charge is -2.36. The summed E-state index contributed by atoms with van der Waals surface area (Å²) in [5.74, 6) is 0.638. The van der Waals surface area contributed by atoms with Crippen molar-refractivity contribution in [3.63, 3.8) is 0 Å². The van der Waals surface area contributed by atoms with E-state index in [0.717, 1.165) is 63.8 Å². The first-order valence-corrected chi connectivity index (χ1v) is 11.5. The summed E-state index contributed by atoms with van der Waals surface area (Å²) in [6.45, 7) is 2.37. The molecule has 2 N–H and O–H groups in total. The van der Waals surface area contributed by atoms with Crippen molar-refractivity contribution in [2.24, 2.45) is 5.92 Å². The van der Waals surface area contributed by atoms with Crippen molar-refractivity contribution >= 4 is 5.97 Å². The molecule has 2 aliphatic rings. The molecule has 1 saturated carbocycles. The van der Waals surface area contributed by atoms with Crippen molar-refractivity contribution in [3.05, 3.63) is 59.5 Å². The summed E-state index contributed by atoms with van der Waals surface area (Å²) in [5, 5.41) is 21.2. The lowest BCUT2D eigenvalue weighted by Crippen LogP contribution is -2.45. The third kappa shape index (κ3) is 5.20. The molecule has 31 heavy (non-hydrogen) atoms. The van der Waals surface area contributed by atoms with E-state index in [4.69, 9.17) is 9.15 Å². The Hall–Kier alpha value is -2.15. The molecule has 168 valence electrons. The molecule has 0 spiro atoms. The van der Waals surface area contributed by atoms with E-state index in [-0.39, 0.29) is 18.6 Å². The van der Waals surface area contributed by atoms with Gasteiger partial charge in [-0.25, -0.2) is 4.79 Å². The second-order valence-corrected chi connectivity index (χ2v) is 8.92. The fourth-order valence-corrected chi connectivity index (χ4v) is 4.86. The van der Waals surface area contributed by atoms with Crippen LogP contribution in [0, 0.1) is 5.92 Å². The number of ether oxygens (including phenoxy) is 1. The van der Waals surface area contributed by atoms with Gasteiger partial charge in [0, 0.05) is 19.0 Å². The highest BCUT2D eigenvalue weighted by molar-refractivity contribution is 5.81. The third-order valence-electron chi connectivity index (χ3n) is 6.72. The van der Waals surface area contributed by atoms with Crippen LogP contribution < -0.4 is 0 Å². The van der Waals surface area contributed by atoms with Crippen LogP contribution in [0.5, 0.6) is 0 Å². The molecule has 0 amide bonds. The van der Waals surface area contributed by atoms with Gasteiger partial charge in [0.2, 0.25) is 0 Å². The van der Waals surface area contributed by atoms with Crippen molar-refractivity contribution < 1.29 is 24.2 Å². The van der Waals surface area contributed by atoms with Crippen molar-refractivity contribution in [3.8, 4) is 0 Å². The van der Waals surface area contributed by atoms with Crippen LogP contribution in [-0.2, 0) is 28.3 Å². The Kier molecular flexibility index (Phi) is 7.10. The van der Waals surface area contributed by atoms with Gasteiger partial charge in [0.1, 0.15) is 18.1 Å². The number of piperidine rings is 1. The van der Waals surface area contributed by atoms with Gasteiger partial charge in [-0.3, -0.25) is 4.90 Å². The number of aliphatic hydroxyl groups excluding tert-OH is 1. The molecule has 0 bridgehead atoms. The number of esters is 1. The SMILES string of the molecule is O=C(OCc1ccc(CN2CCC(O)CC2)o1)[C@](O)(c1ccccc1)C1CCCCC1. The minimum Gasteiger partial charge on any atom is -0.461 e. The fourth-order valence-electron chi connectivity index (χ4n) is 4.86. The summed E-state index contributed by atoms with van der Waals surface area (Å²) in [7, 11) is 0. The largest absolute Gasteiger partial charge is 0.461 e. The average molecular weight is 428 g/mol. The Bertz CT molecular complexity index is 837. The summed E-state index contributed by atoms with van der Waals surface area (Å²) in [5.41, 5.74) is -1.04. The predicted molar refractivity (Wildman–Crippen MR) is 116 cm³/mol. The highest BCUT2D eigenvalue weighted by Crippen LogP contribution is 2.40. The van der Waals surface area contributed by atoms with Crippen LogP contribution in [-0.4, -0.2) is 40.3 Å². The Morgan fingerprint density at radius 3 is 2.39 bits per heavy atom. The van der Waals surface area contributed by atoms with Gasteiger partial charge < -0.3 is 19.4 Å². The molecule has 1 saturated heterocycles. The summed E-state index contributed by atoms with van der Waals surface area (Å²) in [6.07, 6.45) is 6.17. The van der Waals surface area contributed by atoms with Gasteiger partial charge in [-0.2, -0.15) is 0 Å². The van der Waals surface area contributed by atoms with E-state index in [9.17, 15) is 15.0 Å². The molecule has 6 heteroatoms. The lowest BCUT2D eigenvalue weighted by atomic mass is 9.73. The number of hydrogen-bond acceptors (Lipinski definition) is 6. The van der Waals surface area contributed by atoms with Crippen LogP contribution in [0.2, 0.25) is 0 Å². The van der Waals surface area contributed by atoms with Crippen molar-refractivity contribution in [1.82, 2.24) is 4.90 Å². The molecule has 2 heterocycles. The van der Waals surface area contributed by atoms with Gasteiger partial charge in [-0.05, 0) is 43.4 Å². The van der Waals surface area contributed by atoms with Gasteiger partial charge in [0.05, 0.1) is 12.6 Å². The van der Waals surface area contributed by atoms with Crippen LogP contribution >= 0.6 is 0 Å². The minimum absolute atomic E-state index is 0.000584. The Morgan fingerprint density at radius 1 is 1.00 bits per heavy atom.